The number of carbonyl (C=O) groups excluding carboxylic acids is 3. The van der Waals surface area contributed by atoms with Gasteiger partial charge in [-0.05, 0) is 52.0 Å². The number of hydrogen-bond acceptors (Lipinski definition) is 5. The zero-order valence-electron chi connectivity index (χ0n) is 13.7. The molecule has 3 amide bonds. The smallest absolute Gasteiger partial charge is 0.338 e. The van der Waals surface area contributed by atoms with Crippen LogP contribution in [0.4, 0.5) is 4.79 Å². The summed E-state index contributed by atoms with van der Waals surface area (Å²) in [5.41, 5.74) is 0.291. The highest BCUT2D eigenvalue weighted by molar-refractivity contribution is 5.98. The van der Waals surface area contributed by atoms with E-state index >= 15 is 0 Å². The molecule has 1 atom stereocenters. The number of ether oxygens (including phenoxy) is 2. The molecular formula is C16H22N2O5. The molecule has 1 unspecified atom stereocenters. The lowest BCUT2D eigenvalue weighted by Gasteiger charge is -2.13. The molecule has 1 aromatic rings. The second-order valence-electron chi connectivity index (χ2n) is 5.09. The molecule has 1 rings (SSSR count). The quantitative estimate of drug-likeness (QED) is 0.780. The third kappa shape index (κ3) is 6.37. The molecule has 0 aliphatic rings. The van der Waals surface area contributed by atoms with Gasteiger partial charge in [-0.25, -0.2) is 9.59 Å². The van der Waals surface area contributed by atoms with Crippen molar-refractivity contribution >= 4 is 17.9 Å². The topological polar surface area (TPSA) is 93.7 Å². The van der Waals surface area contributed by atoms with Crippen molar-refractivity contribution in [3.63, 3.8) is 0 Å². The number of nitrogens with one attached hydrogen (secondary N) is 2. The van der Waals surface area contributed by atoms with Crippen molar-refractivity contribution in [1.29, 1.82) is 0 Å². The van der Waals surface area contributed by atoms with E-state index in [1.165, 1.54) is 6.92 Å². The Morgan fingerprint density at radius 2 is 1.70 bits per heavy atom. The van der Waals surface area contributed by atoms with Crippen molar-refractivity contribution in [2.45, 2.75) is 39.9 Å². The van der Waals surface area contributed by atoms with Gasteiger partial charge in [-0.15, -0.1) is 0 Å². The van der Waals surface area contributed by atoms with Crippen LogP contribution < -0.4 is 15.4 Å². The summed E-state index contributed by atoms with van der Waals surface area (Å²) in [4.78, 5) is 34.9. The van der Waals surface area contributed by atoms with Gasteiger partial charge in [0.05, 0.1) is 11.7 Å². The molecule has 23 heavy (non-hydrogen) atoms. The van der Waals surface area contributed by atoms with Crippen LogP contribution in [0.25, 0.3) is 0 Å². The van der Waals surface area contributed by atoms with E-state index in [4.69, 9.17) is 9.47 Å². The SMILES string of the molecule is CCNC(=O)NC(=O)C(C)OC(=O)c1ccc(OC(C)C)cc1. The minimum absolute atomic E-state index is 0.0331. The summed E-state index contributed by atoms with van der Waals surface area (Å²) in [5.74, 6) is -0.706. The van der Waals surface area contributed by atoms with Gasteiger partial charge in [0.25, 0.3) is 5.91 Å². The van der Waals surface area contributed by atoms with Crippen LogP contribution in [-0.4, -0.2) is 36.7 Å². The Hall–Kier alpha value is -2.57. The first kappa shape index (κ1) is 18.5. The molecule has 7 nitrogen and oxygen atoms in total. The van der Waals surface area contributed by atoms with Gasteiger partial charge in [0, 0.05) is 6.54 Å². The van der Waals surface area contributed by atoms with Crippen LogP contribution in [0.15, 0.2) is 24.3 Å². The first-order valence-electron chi connectivity index (χ1n) is 7.39. The average Bonchev–Trinajstić information content (AvgIpc) is 2.47. The van der Waals surface area contributed by atoms with E-state index in [-0.39, 0.29) is 6.10 Å². The molecule has 0 aliphatic carbocycles. The summed E-state index contributed by atoms with van der Waals surface area (Å²) in [7, 11) is 0. The van der Waals surface area contributed by atoms with Gasteiger partial charge in [0.1, 0.15) is 5.75 Å². The number of hydrogen-bond donors (Lipinski definition) is 2. The third-order valence-electron chi connectivity index (χ3n) is 2.69. The molecule has 0 saturated heterocycles. The average molecular weight is 322 g/mol. The minimum Gasteiger partial charge on any atom is -0.491 e. The number of esters is 1. The number of benzene rings is 1. The van der Waals surface area contributed by atoms with Gasteiger partial charge in [-0.3, -0.25) is 10.1 Å². The standard InChI is InChI=1S/C16H22N2O5/c1-5-17-16(21)18-14(19)11(4)23-15(20)12-6-8-13(9-7-12)22-10(2)3/h6-11H,5H2,1-4H3,(H2,17,18,19,21). The molecule has 2 N–H and O–H groups in total. The normalized spacial score (nSPS) is 11.5. The molecule has 7 heteroatoms. The predicted octanol–water partition coefficient (Wildman–Crippen LogP) is 1.86. The van der Waals surface area contributed by atoms with Gasteiger partial charge < -0.3 is 14.8 Å². The van der Waals surface area contributed by atoms with Crippen molar-refractivity contribution in [2.75, 3.05) is 6.54 Å². The fraction of sp³-hybridized carbons (Fsp3) is 0.438. The van der Waals surface area contributed by atoms with Crippen molar-refractivity contribution in [1.82, 2.24) is 10.6 Å². The van der Waals surface area contributed by atoms with Crippen LogP contribution in [0.2, 0.25) is 0 Å². The Labute approximate surface area is 135 Å². The number of rotatable bonds is 6. The van der Waals surface area contributed by atoms with Crippen molar-refractivity contribution in [3.05, 3.63) is 29.8 Å². The van der Waals surface area contributed by atoms with E-state index < -0.39 is 24.0 Å². The summed E-state index contributed by atoms with van der Waals surface area (Å²) < 4.78 is 10.5. The number of amides is 3. The molecule has 0 bridgehead atoms. The van der Waals surface area contributed by atoms with E-state index in [0.717, 1.165) is 0 Å². The summed E-state index contributed by atoms with van der Waals surface area (Å²) in [5, 5.41) is 4.49. The first-order chi connectivity index (χ1) is 10.8. The first-order valence-corrected chi connectivity index (χ1v) is 7.39. The molecule has 0 saturated carbocycles. The largest absolute Gasteiger partial charge is 0.491 e. The maximum atomic E-state index is 12.0. The fourth-order valence-electron chi connectivity index (χ4n) is 1.64. The molecule has 0 heterocycles. The molecular weight excluding hydrogens is 300 g/mol. The second kappa shape index (κ2) is 8.77. The molecule has 126 valence electrons. The summed E-state index contributed by atoms with van der Waals surface area (Å²) in [6, 6.07) is 5.77. The lowest BCUT2D eigenvalue weighted by atomic mass is 10.2. The Balaban J connectivity index is 2.57. The Kier molecular flexibility index (Phi) is 7.05. The Morgan fingerprint density at radius 3 is 2.22 bits per heavy atom. The van der Waals surface area contributed by atoms with Crippen LogP contribution in [0.3, 0.4) is 0 Å². The monoisotopic (exact) mass is 322 g/mol. The highest BCUT2D eigenvalue weighted by Gasteiger charge is 2.20. The van der Waals surface area contributed by atoms with Crippen molar-refractivity contribution < 1.29 is 23.9 Å². The molecule has 0 radical (unpaired) electrons. The van der Waals surface area contributed by atoms with Crippen molar-refractivity contribution in [2.24, 2.45) is 0 Å². The fourth-order valence-corrected chi connectivity index (χ4v) is 1.64. The second-order valence-corrected chi connectivity index (χ2v) is 5.09. The van der Waals surface area contributed by atoms with Crippen LogP contribution in [0.5, 0.6) is 5.75 Å². The van der Waals surface area contributed by atoms with E-state index in [1.54, 1.807) is 31.2 Å². The summed E-state index contributed by atoms with van der Waals surface area (Å²) in [6.07, 6.45) is -1.05. The zero-order chi connectivity index (χ0) is 17.4. The van der Waals surface area contributed by atoms with Gasteiger partial charge in [0.2, 0.25) is 0 Å². The van der Waals surface area contributed by atoms with E-state index in [2.05, 4.69) is 10.6 Å². The van der Waals surface area contributed by atoms with Gasteiger partial charge >= 0.3 is 12.0 Å². The molecule has 0 fully saturated rings. The highest BCUT2D eigenvalue weighted by Crippen LogP contribution is 2.15. The molecule has 0 spiro atoms. The highest BCUT2D eigenvalue weighted by atomic mass is 16.5. The lowest BCUT2D eigenvalue weighted by Crippen LogP contribution is -2.44. The van der Waals surface area contributed by atoms with E-state index in [1.807, 2.05) is 13.8 Å². The van der Waals surface area contributed by atoms with Crippen molar-refractivity contribution in [3.8, 4) is 5.75 Å². The Bertz CT molecular complexity index is 554. The maximum absolute atomic E-state index is 12.0. The van der Waals surface area contributed by atoms with E-state index in [0.29, 0.717) is 17.9 Å². The number of carbonyl (C=O) groups is 3. The molecule has 1 aromatic carbocycles. The van der Waals surface area contributed by atoms with Gasteiger partial charge in [0.15, 0.2) is 6.10 Å². The predicted molar refractivity (Wildman–Crippen MR) is 84.3 cm³/mol. The summed E-state index contributed by atoms with van der Waals surface area (Å²) >= 11 is 0. The third-order valence-corrected chi connectivity index (χ3v) is 2.69. The van der Waals surface area contributed by atoms with E-state index in [9.17, 15) is 14.4 Å². The molecule has 0 aliphatic heterocycles. The van der Waals surface area contributed by atoms with Crippen LogP contribution in [0.1, 0.15) is 38.1 Å². The van der Waals surface area contributed by atoms with Gasteiger partial charge in [-0.2, -0.15) is 0 Å². The maximum Gasteiger partial charge on any atom is 0.338 e. The number of imide groups is 1. The number of urea groups is 1. The Morgan fingerprint density at radius 1 is 1.09 bits per heavy atom. The van der Waals surface area contributed by atoms with Crippen LogP contribution in [0, 0.1) is 0 Å². The van der Waals surface area contributed by atoms with Gasteiger partial charge in [-0.1, -0.05) is 0 Å². The molecule has 0 aromatic heterocycles. The van der Waals surface area contributed by atoms with Crippen LogP contribution >= 0.6 is 0 Å². The van der Waals surface area contributed by atoms with Crippen LogP contribution in [-0.2, 0) is 9.53 Å². The summed E-state index contributed by atoms with van der Waals surface area (Å²) in [6.45, 7) is 7.30. The minimum atomic E-state index is -1.09. The zero-order valence-corrected chi connectivity index (χ0v) is 13.7. The lowest BCUT2D eigenvalue weighted by molar-refractivity contribution is -0.127.